The van der Waals surface area contributed by atoms with Gasteiger partial charge in [-0.1, -0.05) is 34.1 Å². The molecule has 1 heterocycles. The van der Waals surface area contributed by atoms with Crippen LogP contribution in [0, 0.1) is 11.8 Å². The van der Waals surface area contributed by atoms with Crippen molar-refractivity contribution < 1.29 is 24.3 Å². The van der Waals surface area contributed by atoms with Crippen molar-refractivity contribution in [1.29, 1.82) is 0 Å². The fourth-order valence-electron chi connectivity index (χ4n) is 2.80. The number of rotatable bonds is 13. The number of aromatic amines is 1. The zero-order chi connectivity index (χ0) is 24.4. The van der Waals surface area contributed by atoms with Gasteiger partial charge in [0.2, 0.25) is 17.7 Å². The number of carbonyl (C=O) groups excluding carboxylic acids is 3. The average Bonchev–Trinajstić information content (AvgIpc) is 3.26. The van der Waals surface area contributed by atoms with Gasteiger partial charge in [-0.25, -0.2) is 9.78 Å². The van der Waals surface area contributed by atoms with Crippen LogP contribution in [0.3, 0.4) is 0 Å². The number of aliphatic carboxylic acids is 1. The quantitative estimate of drug-likeness (QED) is 0.189. The summed E-state index contributed by atoms with van der Waals surface area (Å²) in [5.74, 6) is -3.45. The number of carboxylic acid groups (broad SMARTS) is 1. The molecule has 0 aliphatic rings. The van der Waals surface area contributed by atoms with Crippen molar-refractivity contribution in [2.45, 2.75) is 64.7 Å². The van der Waals surface area contributed by atoms with E-state index in [9.17, 15) is 24.3 Å². The summed E-state index contributed by atoms with van der Waals surface area (Å²) in [6.07, 6.45) is 3.51. The molecule has 1 aromatic heterocycles. The molecule has 0 radical (unpaired) electrons. The Labute approximate surface area is 193 Å². The van der Waals surface area contributed by atoms with Crippen LogP contribution in [0.15, 0.2) is 12.5 Å². The third kappa shape index (κ3) is 8.15. The van der Waals surface area contributed by atoms with Crippen molar-refractivity contribution in [3.8, 4) is 0 Å². The zero-order valence-corrected chi connectivity index (χ0v) is 19.7. The monoisotopic (exact) mass is 470 g/mol. The van der Waals surface area contributed by atoms with Crippen molar-refractivity contribution in [2.24, 2.45) is 17.6 Å². The van der Waals surface area contributed by atoms with Crippen LogP contribution in [0.25, 0.3) is 0 Å². The summed E-state index contributed by atoms with van der Waals surface area (Å²) in [6.45, 7) is 7.09. The minimum Gasteiger partial charge on any atom is -0.480 e. The highest BCUT2D eigenvalue weighted by Gasteiger charge is 2.32. The highest BCUT2D eigenvalue weighted by Crippen LogP contribution is 2.09. The van der Waals surface area contributed by atoms with Gasteiger partial charge in [0.05, 0.1) is 12.4 Å². The summed E-state index contributed by atoms with van der Waals surface area (Å²) in [6, 6.07) is -4.05. The number of carboxylic acids is 1. The molecule has 0 aromatic carbocycles. The fourth-order valence-corrected chi connectivity index (χ4v) is 3.06. The predicted octanol–water partition coefficient (Wildman–Crippen LogP) is -0.550. The van der Waals surface area contributed by atoms with E-state index in [1.54, 1.807) is 20.8 Å². The lowest BCUT2D eigenvalue weighted by Crippen LogP contribution is -2.59. The number of thiol groups is 1. The minimum atomic E-state index is -1.16. The molecular weight excluding hydrogens is 436 g/mol. The smallest absolute Gasteiger partial charge is 0.326 e. The summed E-state index contributed by atoms with van der Waals surface area (Å²) in [5, 5.41) is 17.1. The summed E-state index contributed by atoms with van der Waals surface area (Å²) in [4.78, 5) is 56.3. The van der Waals surface area contributed by atoms with Crippen LogP contribution in [0.5, 0.6) is 0 Å². The first-order chi connectivity index (χ1) is 15.0. The maximum atomic E-state index is 12.9. The zero-order valence-electron chi connectivity index (χ0n) is 18.8. The summed E-state index contributed by atoms with van der Waals surface area (Å²) >= 11 is 4.12. The van der Waals surface area contributed by atoms with Gasteiger partial charge in [0.1, 0.15) is 18.1 Å². The summed E-state index contributed by atoms with van der Waals surface area (Å²) in [7, 11) is 0. The lowest BCUT2D eigenvalue weighted by molar-refractivity contribution is -0.143. The lowest BCUT2D eigenvalue weighted by Gasteiger charge is -2.26. The van der Waals surface area contributed by atoms with E-state index < -0.39 is 47.9 Å². The largest absolute Gasteiger partial charge is 0.480 e. The SMILES string of the molecule is CCC(C)C(NC(=O)C(Cc1cnc[nH]1)NC(=O)C(CS)NC(=O)C(N)C(C)C)C(=O)O. The molecule has 0 saturated carbocycles. The highest BCUT2D eigenvalue weighted by molar-refractivity contribution is 7.80. The van der Waals surface area contributed by atoms with Crippen LogP contribution >= 0.6 is 12.6 Å². The average molecular weight is 471 g/mol. The second-order valence-electron chi connectivity index (χ2n) is 8.07. The van der Waals surface area contributed by atoms with Gasteiger partial charge in [0.15, 0.2) is 0 Å². The maximum Gasteiger partial charge on any atom is 0.326 e. The number of imidazole rings is 1. The number of amides is 3. The van der Waals surface area contributed by atoms with Crippen molar-refractivity contribution in [2.75, 3.05) is 5.75 Å². The Morgan fingerprint density at radius 3 is 2.16 bits per heavy atom. The molecule has 180 valence electrons. The predicted molar refractivity (Wildman–Crippen MR) is 122 cm³/mol. The number of nitrogens with two attached hydrogens (primary N) is 1. The number of H-pyrrole nitrogens is 1. The fraction of sp³-hybridized carbons (Fsp3) is 0.650. The number of nitrogens with one attached hydrogen (secondary N) is 4. The van der Waals surface area contributed by atoms with Gasteiger partial charge in [0.25, 0.3) is 0 Å². The molecule has 12 heteroatoms. The second kappa shape index (κ2) is 13.1. The van der Waals surface area contributed by atoms with Crippen molar-refractivity contribution >= 4 is 36.3 Å². The van der Waals surface area contributed by atoms with Gasteiger partial charge in [-0.2, -0.15) is 12.6 Å². The molecule has 0 fully saturated rings. The molecule has 0 saturated heterocycles. The molecule has 0 bridgehead atoms. The van der Waals surface area contributed by atoms with Crippen molar-refractivity contribution in [3.63, 3.8) is 0 Å². The molecule has 0 aliphatic carbocycles. The van der Waals surface area contributed by atoms with Gasteiger partial charge in [-0.15, -0.1) is 0 Å². The Bertz CT molecular complexity index is 773. The Hall–Kier alpha value is -2.60. The first-order valence-electron chi connectivity index (χ1n) is 10.5. The molecule has 32 heavy (non-hydrogen) atoms. The van der Waals surface area contributed by atoms with Crippen LogP contribution in [0.2, 0.25) is 0 Å². The first-order valence-corrected chi connectivity index (χ1v) is 11.1. The third-order valence-corrected chi connectivity index (χ3v) is 5.59. The van der Waals surface area contributed by atoms with Gasteiger partial charge in [-0.05, 0) is 11.8 Å². The minimum absolute atomic E-state index is 0.0224. The summed E-state index contributed by atoms with van der Waals surface area (Å²) < 4.78 is 0. The van der Waals surface area contributed by atoms with Gasteiger partial charge in [0, 0.05) is 24.1 Å². The van der Waals surface area contributed by atoms with E-state index in [1.807, 2.05) is 6.92 Å². The number of aromatic nitrogens is 2. The Morgan fingerprint density at radius 2 is 1.69 bits per heavy atom. The number of carbonyl (C=O) groups is 4. The van der Waals surface area contributed by atoms with E-state index in [-0.39, 0.29) is 24.0 Å². The Balaban J connectivity index is 2.99. The van der Waals surface area contributed by atoms with E-state index in [0.29, 0.717) is 12.1 Å². The normalized spacial score (nSPS) is 15.8. The van der Waals surface area contributed by atoms with E-state index in [1.165, 1.54) is 12.5 Å². The number of hydrogen-bond acceptors (Lipinski definition) is 7. The molecule has 11 nitrogen and oxygen atoms in total. The van der Waals surface area contributed by atoms with E-state index in [4.69, 9.17) is 5.73 Å². The van der Waals surface area contributed by atoms with E-state index >= 15 is 0 Å². The van der Waals surface area contributed by atoms with Gasteiger partial charge in [-0.3, -0.25) is 14.4 Å². The van der Waals surface area contributed by atoms with Crippen LogP contribution in [-0.4, -0.2) is 68.7 Å². The Morgan fingerprint density at radius 1 is 1.09 bits per heavy atom. The molecule has 0 spiro atoms. The second-order valence-corrected chi connectivity index (χ2v) is 8.43. The lowest BCUT2D eigenvalue weighted by atomic mass is 9.98. The molecule has 3 amide bonds. The highest BCUT2D eigenvalue weighted by atomic mass is 32.1. The van der Waals surface area contributed by atoms with Crippen LogP contribution in [0.1, 0.15) is 39.8 Å². The molecule has 1 aromatic rings. The van der Waals surface area contributed by atoms with Crippen molar-refractivity contribution in [3.05, 3.63) is 18.2 Å². The van der Waals surface area contributed by atoms with Gasteiger partial charge >= 0.3 is 5.97 Å². The first kappa shape index (κ1) is 27.4. The topological polar surface area (TPSA) is 179 Å². The molecule has 0 aliphatic heterocycles. The van der Waals surface area contributed by atoms with Crippen molar-refractivity contribution in [1.82, 2.24) is 25.9 Å². The maximum absolute atomic E-state index is 12.9. The molecule has 7 N–H and O–H groups in total. The summed E-state index contributed by atoms with van der Waals surface area (Å²) in [5.41, 5.74) is 6.39. The molecular formula is C20H34N6O5S. The van der Waals surface area contributed by atoms with Crippen LogP contribution in [-0.2, 0) is 25.6 Å². The molecule has 5 unspecified atom stereocenters. The van der Waals surface area contributed by atoms with Gasteiger partial charge < -0.3 is 31.8 Å². The van der Waals surface area contributed by atoms with E-state index in [2.05, 4.69) is 38.5 Å². The van der Waals surface area contributed by atoms with Crippen LogP contribution < -0.4 is 21.7 Å². The number of hydrogen-bond donors (Lipinski definition) is 7. The standard InChI is InChI=1S/C20H34N6O5S/c1-5-11(4)16(20(30)31)26-17(27)13(6-12-7-22-9-23-12)24-18(28)14(8-32)25-19(29)15(21)10(2)3/h7,9-11,13-16,32H,5-6,8,21H2,1-4H3,(H,22,23)(H,24,28)(H,25,29)(H,26,27)(H,30,31). The van der Waals surface area contributed by atoms with Crippen LogP contribution in [0.4, 0.5) is 0 Å². The molecule has 1 rings (SSSR count). The molecule has 5 atom stereocenters. The third-order valence-electron chi connectivity index (χ3n) is 5.23. The number of nitrogens with zero attached hydrogens (tertiary/aromatic N) is 1. The Kier molecular flexibility index (Phi) is 11.2. The van der Waals surface area contributed by atoms with E-state index in [0.717, 1.165) is 0 Å².